The molecular formula is C18H35IN6O. The summed E-state index contributed by atoms with van der Waals surface area (Å²) >= 11 is 0. The number of rotatable bonds is 6. The van der Waals surface area contributed by atoms with E-state index in [0.717, 1.165) is 18.9 Å². The summed E-state index contributed by atoms with van der Waals surface area (Å²) < 4.78 is 7.54. The van der Waals surface area contributed by atoms with E-state index < -0.39 is 0 Å². The molecule has 0 aromatic carbocycles. The number of hydrogen-bond donors (Lipinski definition) is 2. The number of aryl methyl sites for hydroxylation is 1. The SMILES string of the molecule is CN=C(NCC(c1cnn(C)c1)N(C)C)NC1CC(C)(OC)C1(C)C.I. The second kappa shape index (κ2) is 8.88. The number of halogens is 1. The van der Waals surface area contributed by atoms with Gasteiger partial charge in [0, 0.05) is 51.0 Å². The normalized spacial score (nSPS) is 26.0. The van der Waals surface area contributed by atoms with E-state index in [-0.39, 0.29) is 41.0 Å². The van der Waals surface area contributed by atoms with Crippen LogP contribution in [0.3, 0.4) is 0 Å². The second-order valence-corrected chi connectivity index (χ2v) is 7.94. The number of guanidine groups is 1. The van der Waals surface area contributed by atoms with Crippen molar-refractivity contribution in [1.82, 2.24) is 25.3 Å². The summed E-state index contributed by atoms with van der Waals surface area (Å²) in [4.78, 5) is 6.58. The van der Waals surface area contributed by atoms with Crippen molar-refractivity contribution in [1.29, 1.82) is 0 Å². The number of nitrogens with zero attached hydrogens (tertiary/aromatic N) is 4. The summed E-state index contributed by atoms with van der Waals surface area (Å²) in [5, 5.41) is 11.3. The topological polar surface area (TPSA) is 66.7 Å². The van der Waals surface area contributed by atoms with Gasteiger partial charge in [-0.3, -0.25) is 9.67 Å². The van der Waals surface area contributed by atoms with Crippen LogP contribution in [0.2, 0.25) is 0 Å². The summed E-state index contributed by atoms with van der Waals surface area (Å²) in [6.45, 7) is 7.41. The Morgan fingerprint density at radius 3 is 2.54 bits per heavy atom. The molecule has 0 bridgehead atoms. The van der Waals surface area contributed by atoms with Crippen LogP contribution in [0.25, 0.3) is 0 Å². The molecule has 2 N–H and O–H groups in total. The molecule has 1 fully saturated rings. The zero-order valence-electron chi connectivity index (χ0n) is 17.3. The maximum Gasteiger partial charge on any atom is 0.191 e. The van der Waals surface area contributed by atoms with Gasteiger partial charge in [-0.05, 0) is 27.4 Å². The molecule has 1 aliphatic rings. The van der Waals surface area contributed by atoms with Gasteiger partial charge in [0.2, 0.25) is 0 Å². The average molecular weight is 478 g/mol. The van der Waals surface area contributed by atoms with Gasteiger partial charge in [-0.1, -0.05) is 13.8 Å². The Kier molecular flexibility index (Phi) is 7.91. The molecule has 1 aliphatic carbocycles. The minimum absolute atomic E-state index is 0. The Bertz CT molecular complexity index is 615. The highest BCUT2D eigenvalue weighted by molar-refractivity contribution is 14.0. The average Bonchev–Trinajstić information content (AvgIpc) is 2.98. The first kappa shape index (κ1) is 23.2. The molecule has 1 saturated carbocycles. The third kappa shape index (κ3) is 4.51. The van der Waals surface area contributed by atoms with E-state index in [0.29, 0.717) is 6.04 Å². The van der Waals surface area contributed by atoms with Crippen molar-refractivity contribution in [3.05, 3.63) is 18.0 Å². The Hall–Kier alpha value is -0.870. The smallest absolute Gasteiger partial charge is 0.191 e. The number of aromatic nitrogens is 2. The van der Waals surface area contributed by atoms with Gasteiger partial charge in [0.05, 0.1) is 17.8 Å². The van der Waals surface area contributed by atoms with Gasteiger partial charge in [-0.25, -0.2) is 0 Å². The first-order valence-corrected chi connectivity index (χ1v) is 8.82. The van der Waals surface area contributed by atoms with Gasteiger partial charge in [0.15, 0.2) is 5.96 Å². The van der Waals surface area contributed by atoms with Crippen LogP contribution in [0.5, 0.6) is 0 Å². The van der Waals surface area contributed by atoms with Crippen molar-refractivity contribution in [2.24, 2.45) is 17.5 Å². The van der Waals surface area contributed by atoms with Crippen molar-refractivity contribution in [2.75, 3.05) is 34.8 Å². The maximum atomic E-state index is 5.71. The molecule has 0 saturated heterocycles. The molecule has 0 amide bonds. The van der Waals surface area contributed by atoms with Crippen LogP contribution >= 0.6 is 24.0 Å². The maximum absolute atomic E-state index is 5.71. The molecule has 1 aromatic heterocycles. The van der Waals surface area contributed by atoms with Gasteiger partial charge in [0.1, 0.15) is 0 Å². The van der Waals surface area contributed by atoms with Gasteiger partial charge in [-0.2, -0.15) is 5.10 Å². The van der Waals surface area contributed by atoms with Crippen LogP contribution in [0.1, 0.15) is 38.8 Å². The third-order valence-corrected chi connectivity index (χ3v) is 6.01. The van der Waals surface area contributed by atoms with Crippen LogP contribution in [-0.4, -0.2) is 67.1 Å². The lowest BCUT2D eigenvalue weighted by Gasteiger charge is -2.59. The monoisotopic (exact) mass is 478 g/mol. The first-order chi connectivity index (χ1) is 11.6. The van der Waals surface area contributed by atoms with E-state index in [2.05, 4.69) is 66.7 Å². The quantitative estimate of drug-likeness (QED) is 0.372. The zero-order valence-corrected chi connectivity index (χ0v) is 19.7. The fourth-order valence-electron chi connectivity index (χ4n) is 3.49. The van der Waals surface area contributed by atoms with E-state index >= 15 is 0 Å². The van der Waals surface area contributed by atoms with Crippen LogP contribution in [0.4, 0.5) is 0 Å². The molecule has 2 rings (SSSR count). The van der Waals surface area contributed by atoms with Crippen LogP contribution in [0, 0.1) is 5.41 Å². The van der Waals surface area contributed by atoms with Gasteiger partial charge < -0.3 is 20.3 Å². The molecule has 0 aliphatic heterocycles. The van der Waals surface area contributed by atoms with Crippen molar-refractivity contribution >= 4 is 29.9 Å². The molecular weight excluding hydrogens is 443 g/mol. The molecule has 1 aromatic rings. The number of nitrogens with one attached hydrogen (secondary N) is 2. The highest BCUT2D eigenvalue weighted by Crippen LogP contribution is 2.51. The van der Waals surface area contributed by atoms with Gasteiger partial charge >= 0.3 is 0 Å². The van der Waals surface area contributed by atoms with Crippen LogP contribution < -0.4 is 10.6 Å². The molecule has 0 radical (unpaired) electrons. The van der Waals surface area contributed by atoms with E-state index in [1.807, 2.05) is 25.0 Å². The summed E-state index contributed by atoms with van der Waals surface area (Å²) in [6, 6.07) is 0.561. The summed E-state index contributed by atoms with van der Waals surface area (Å²) in [5.74, 6) is 0.826. The first-order valence-electron chi connectivity index (χ1n) is 8.82. The highest BCUT2D eigenvalue weighted by Gasteiger charge is 2.58. The minimum atomic E-state index is -0.0919. The van der Waals surface area contributed by atoms with Crippen LogP contribution in [-0.2, 0) is 11.8 Å². The van der Waals surface area contributed by atoms with Crippen LogP contribution in [0.15, 0.2) is 17.4 Å². The number of ether oxygens (including phenoxy) is 1. The van der Waals surface area contributed by atoms with Crippen molar-refractivity contribution in [3.63, 3.8) is 0 Å². The van der Waals surface area contributed by atoms with Gasteiger partial charge in [0.25, 0.3) is 0 Å². The van der Waals surface area contributed by atoms with E-state index in [1.54, 1.807) is 7.11 Å². The number of aliphatic imine (C=N–C) groups is 1. The Balaban J connectivity index is 0.00000338. The van der Waals surface area contributed by atoms with Crippen molar-refractivity contribution < 1.29 is 4.74 Å². The molecule has 3 unspecified atom stereocenters. The summed E-state index contributed by atoms with van der Waals surface area (Å²) in [7, 11) is 9.70. The fourth-order valence-corrected chi connectivity index (χ4v) is 3.49. The molecule has 8 heteroatoms. The summed E-state index contributed by atoms with van der Waals surface area (Å²) in [5.41, 5.74) is 1.14. The van der Waals surface area contributed by atoms with E-state index in [9.17, 15) is 0 Å². The summed E-state index contributed by atoms with van der Waals surface area (Å²) in [6.07, 6.45) is 4.94. The van der Waals surface area contributed by atoms with Crippen molar-refractivity contribution in [3.8, 4) is 0 Å². The molecule has 7 nitrogen and oxygen atoms in total. The highest BCUT2D eigenvalue weighted by atomic mass is 127. The number of methoxy groups -OCH3 is 1. The lowest BCUT2D eigenvalue weighted by atomic mass is 9.56. The number of likely N-dealkylation sites (N-methyl/N-ethyl adjacent to an activating group) is 1. The predicted molar refractivity (Wildman–Crippen MR) is 117 cm³/mol. The number of hydrogen-bond acceptors (Lipinski definition) is 4. The Morgan fingerprint density at radius 1 is 1.46 bits per heavy atom. The third-order valence-electron chi connectivity index (χ3n) is 6.01. The standard InChI is InChI=1S/C18H34N6O.HI/c1-17(2)15(9-18(17,3)25-8)22-16(19-4)20-11-14(23(5)6)13-10-21-24(7)12-13;/h10,12,14-15H,9,11H2,1-8H3,(H2,19,20,22);1H. The Morgan fingerprint density at radius 2 is 2.12 bits per heavy atom. The van der Waals surface area contributed by atoms with Gasteiger partial charge in [-0.15, -0.1) is 24.0 Å². The largest absolute Gasteiger partial charge is 0.378 e. The lowest BCUT2D eigenvalue weighted by molar-refractivity contribution is -0.176. The molecule has 1 heterocycles. The zero-order chi connectivity index (χ0) is 18.8. The molecule has 0 spiro atoms. The molecule has 26 heavy (non-hydrogen) atoms. The fraction of sp³-hybridized carbons (Fsp3) is 0.778. The van der Waals surface area contributed by atoms with E-state index in [1.165, 1.54) is 5.56 Å². The Labute approximate surface area is 175 Å². The van der Waals surface area contributed by atoms with E-state index in [4.69, 9.17) is 4.74 Å². The minimum Gasteiger partial charge on any atom is -0.378 e. The predicted octanol–water partition coefficient (Wildman–Crippen LogP) is 2.01. The molecule has 3 atom stereocenters. The molecule has 150 valence electrons. The van der Waals surface area contributed by atoms with Crippen molar-refractivity contribution in [2.45, 2.75) is 44.9 Å². The second-order valence-electron chi connectivity index (χ2n) is 7.94. The lowest BCUT2D eigenvalue weighted by Crippen LogP contribution is -2.69.